The van der Waals surface area contributed by atoms with Crippen molar-refractivity contribution in [2.45, 2.75) is 19.6 Å². The van der Waals surface area contributed by atoms with Crippen molar-refractivity contribution >= 4 is 11.8 Å². The number of rotatable bonds is 4. The third-order valence-corrected chi connectivity index (χ3v) is 5.49. The Hall–Kier alpha value is -3.62. The van der Waals surface area contributed by atoms with Crippen molar-refractivity contribution in [3.05, 3.63) is 77.5 Å². The number of carbonyl (C=O) groups is 1. The molecule has 0 atom stereocenters. The Morgan fingerprint density at radius 3 is 2.27 bits per heavy atom. The number of amides is 2. The van der Waals surface area contributed by atoms with Gasteiger partial charge in [-0.3, -0.25) is 0 Å². The first kappa shape index (κ1) is 22.6. The quantitative estimate of drug-likeness (QED) is 0.629. The third kappa shape index (κ3) is 5.60. The maximum absolute atomic E-state index is 12.8. The number of anilines is 1. The van der Waals surface area contributed by atoms with Gasteiger partial charge in [-0.1, -0.05) is 42.5 Å². The molecular formula is C24H24F3N5O. The number of urea groups is 1. The number of benzene rings is 2. The van der Waals surface area contributed by atoms with Crippen LogP contribution in [-0.2, 0) is 12.7 Å². The van der Waals surface area contributed by atoms with Crippen LogP contribution in [0.4, 0.5) is 23.8 Å². The topological polar surface area (TPSA) is 61.4 Å². The van der Waals surface area contributed by atoms with Gasteiger partial charge in [-0.05, 0) is 24.6 Å². The van der Waals surface area contributed by atoms with Crippen LogP contribution in [-0.4, -0.2) is 47.1 Å². The molecule has 0 bridgehead atoms. The van der Waals surface area contributed by atoms with E-state index in [2.05, 4.69) is 20.2 Å². The first-order valence-electron chi connectivity index (χ1n) is 10.6. The maximum Gasteiger partial charge on any atom is 0.416 e. The Kier molecular flexibility index (Phi) is 6.48. The van der Waals surface area contributed by atoms with Gasteiger partial charge in [0.1, 0.15) is 5.82 Å². The normalized spacial score (nSPS) is 14.3. The number of aryl methyl sites for hydroxylation is 1. The number of hydrogen-bond acceptors (Lipinski definition) is 4. The van der Waals surface area contributed by atoms with Crippen molar-refractivity contribution in [1.29, 1.82) is 0 Å². The van der Waals surface area contributed by atoms with E-state index in [1.165, 1.54) is 12.1 Å². The average Bonchev–Trinajstić information content (AvgIpc) is 2.82. The molecule has 0 spiro atoms. The van der Waals surface area contributed by atoms with Crippen molar-refractivity contribution in [3.63, 3.8) is 0 Å². The Morgan fingerprint density at radius 1 is 0.970 bits per heavy atom. The van der Waals surface area contributed by atoms with E-state index >= 15 is 0 Å². The fraction of sp³-hybridized carbons (Fsp3) is 0.292. The molecule has 2 amide bonds. The molecular weight excluding hydrogens is 431 g/mol. The van der Waals surface area contributed by atoms with Crippen molar-refractivity contribution in [3.8, 4) is 11.4 Å². The molecule has 0 radical (unpaired) electrons. The summed E-state index contributed by atoms with van der Waals surface area (Å²) in [5.74, 6) is 1.07. The van der Waals surface area contributed by atoms with E-state index in [1.807, 2.05) is 43.3 Å². The second-order valence-corrected chi connectivity index (χ2v) is 7.88. The van der Waals surface area contributed by atoms with E-state index < -0.39 is 11.7 Å². The molecule has 1 aliphatic rings. The largest absolute Gasteiger partial charge is 0.416 e. The van der Waals surface area contributed by atoms with Gasteiger partial charge in [0.2, 0.25) is 0 Å². The number of hydrogen-bond donors (Lipinski definition) is 1. The lowest BCUT2D eigenvalue weighted by Gasteiger charge is -2.35. The van der Waals surface area contributed by atoms with Crippen molar-refractivity contribution in [1.82, 2.24) is 20.2 Å². The summed E-state index contributed by atoms with van der Waals surface area (Å²) in [5.41, 5.74) is 1.57. The number of halogens is 3. The molecule has 9 heteroatoms. The van der Waals surface area contributed by atoms with Gasteiger partial charge in [-0.25, -0.2) is 14.8 Å². The Bertz CT molecular complexity index is 1100. The number of aromatic nitrogens is 2. The van der Waals surface area contributed by atoms with Gasteiger partial charge in [0.05, 0.1) is 5.56 Å². The van der Waals surface area contributed by atoms with E-state index in [-0.39, 0.29) is 6.03 Å². The molecule has 6 nitrogen and oxygen atoms in total. The summed E-state index contributed by atoms with van der Waals surface area (Å²) >= 11 is 0. The second kappa shape index (κ2) is 9.48. The first-order chi connectivity index (χ1) is 15.8. The molecule has 33 heavy (non-hydrogen) atoms. The molecule has 0 saturated carbocycles. The molecule has 0 aliphatic carbocycles. The van der Waals surface area contributed by atoms with Gasteiger partial charge < -0.3 is 15.1 Å². The SMILES string of the molecule is Cc1cc(N2CCN(C(=O)NCc3ccccc3)CC2)nc(-c2ccc(C(F)(F)F)cc2)n1. The van der Waals surface area contributed by atoms with E-state index in [0.29, 0.717) is 49.9 Å². The van der Waals surface area contributed by atoms with Crippen LogP contribution < -0.4 is 10.2 Å². The van der Waals surface area contributed by atoms with Gasteiger partial charge in [0.15, 0.2) is 5.82 Å². The molecule has 1 saturated heterocycles. The molecule has 3 aromatic rings. The average molecular weight is 455 g/mol. The number of alkyl halides is 3. The lowest BCUT2D eigenvalue weighted by atomic mass is 10.1. The van der Waals surface area contributed by atoms with Gasteiger partial charge in [-0.15, -0.1) is 0 Å². The summed E-state index contributed by atoms with van der Waals surface area (Å²) in [5, 5.41) is 2.94. The zero-order valence-corrected chi connectivity index (χ0v) is 18.1. The fourth-order valence-electron chi connectivity index (χ4n) is 3.68. The Morgan fingerprint density at radius 2 is 1.64 bits per heavy atom. The number of piperazine rings is 1. The van der Waals surface area contributed by atoms with Crippen LogP contribution in [0.2, 0.25) is 0 Å². The molecule has 4 rings (SSSR count). The minimum Gasteiger partial charge on any atom is -0.353 e. The summed E-state index contributed by atoms with van der Waals surface area (Å²) in [4.78, 5) is 25.3. The van der Waals surface area contributed by atoms with Crippen LogP contribution in [0, 0.1) is 6.92 Å². The zero-order chi connectivity index (χ0) is 23.4. The Balaban J connectivity index is 1.39. The predicted molar refractivity (Wildman–Crippen MR) is 120 cm³/mol. The summed E-state index contributed by atoms with van der Waals surface area (Å²) in [7, 11) is 0. The smallest absolute Gasteiger partial charge is 0.353 e. The van der Waals surface area contributed by atoms with Crippen LogP contribution in [0.25, 0.3) is 11.4 Å². The first-order valence-corrected chi connectivity index (χ1v) is 10.6. The highest BCUT2D eigenvalue weighted by atomic mass is 19.4. The predicted octanol–water partition coefficient (Wildman–Crippen LogP) is 4.50. The molecule has 2 heterocycles. The van der Waals surface area contributed by atoms with Gasteiger partial charge in [-0.2, -0.15) is 13.2 Å². The molecule has 1 fully saturated rings. The van der Waals surface area contributed by atoms with Crippen LogP contribution in [0.5, 0.6) is 0 Å². The minimum absolute atomic E-state index is 0.109. The van der Waals surface area contributed by atoms with E-state index in [4.69, 9.17) is 0 Å². The lowest BCUT2D eigenvalue weighted by Crippen LogP contribution is -2.52. The Labute approximate surface area is 190 Å². The van der Waals surface area contributed by atoms with E-state index in [0.717, 1.165) is 23.4 Å². The molecule has 0 unspecified atom stereocenters. The zero-order valence-electron chi connectivity index (χ0n) is 18.1. The summed E-state index contributed by atoms with van der Waals surface area (Å²) < 4.78 is 38.5. The third-order valence-electron chi connectivity index (χ3n) is 5.49. The highest BCUT2D eigenvalue weighted by Crippen LogP contribution is 2.30. The van der Waals surface area contributed by atoms with Gasteiger partial charge in [0.25, 0.3) is 0 Å². The summed E-state index contributed by atoms with van der Waals surface area (Å²) in [6, 6.07) is 16.3. The summed E-state index contributed by atoms with van der Waals surface area (Å²) in [6.07, 6.45) is -4.38. The highest BCUT2D eigenvalue weighted by molar-refractivity contribution is 5.74. The molecule has 1 N–H and O–H groups in total. The maximum atomic E-state index is 12.8. The van der Waals surface area contributed by atoms with Crippen LogP contribution in [0.15, 0.2) is 60.7 Å². The minimum atomic E-state index is -4.38. The molecule has 1 aliphatic heterocycles. The fourth-order valence-corrected chi connectivity index (χ4v) is 3.68. The van der Waals surface area contributed by atoms with Gasteiger partial charge >= 0.3 is 12.2 Å². The molecule has 172 valence electrons. The van der Waals surface area contributed by atoms with E-state index in [9.17, 15) is 18.0 Å². The number of nitrogens with one attached hydrogen (secondary N) is 1. The molecule has 2 aromatic carbocycles. The monoisotopic (exact) mass is 455 g/mol. The lowest BCUT2D eigenvalue weighted by molar-refractivity contribution is -0.137. The van der Waals surface area contributed by atoms with Gasteiger partial charge in [0, 0.05) is 50.0 Å². The highest BCUT2D eigenvalue weighted by Gasteiger charge is 2.30. The number of carbonyl (C=O) groups excluding carboxylic acids is 1. The van der Waals surface area contributed by atoms with Crippen molar-refractivity contribution < 1.29 is 18.0 Å². The van der Waals surface area contributed by atoms with Crippen LogP contribution in [0.1, 0.15) is 16.8 Å². The second-order valence-electron chi connectivity index (χ2n) is 7.88. The summed E-state index contributed by atoms with van der Waals surface area (Å²) in [6.45, 7) is 4.58. The standard InChI is InChI=1S/C24H24F3N5O/c1-17-15-21(30-22(29-17)19-7-9-20(10-8-19)24(25,26)27)31-11-13-32(14-12-31)23(33)28-16-18-5-3-2-4-6-18/h2-10,15H,11-14,16H2,1H3,(H,28,33). The number of nitrogens with zero attached hydrogens (tertiary/aromatic N) is 4. The molecule has 1 aromatic heterocycles. The van der Waals surface area contributed by atoms with E-state index in [1.54, 1.807) is 4.90 Å². The van der Waals surface area contributed by atoms with Crippen molar-refractivity contribution in [2.75, 3.05) is 31.1 Å². The van der Waals surface area contributed by atoms with Crippen LogP contribution >= 0.6 is 0 Å². The van der Waals surface area contributed by atoms with Crippen LogP contribution in [0.3, 0.4) is 0 Å². The van der Waals surface area contributed by atoms with Crippen molar-refractivity contribution in [2.24, 2.45) is 0 Å².